The van der Waals surface area contributed by atoms with E-state index in [4.69, 9.17) is 0 Å². The minimum Gasteiger partial charge on any atom is -0.508 e. The van der Waals surface area contributed by atoms with E-state index in [0.29, 0.717) is 37.2 Å². The van der Waals surface area contributed by atoms with Crippen LogP contribution in [0.15, 0.2) is 48.5 Å². The number of aromatic hydroxyl groups is 1. The van der Waals surface area contributed by atoms with Crippen molar-refractivity contribution in [3.05, 3.63) is 65.2 Å². The maximum Gasteiger partial charge on any atom is 0.251 e. The zero-order valence-corrected chi connectivity index (χ0v) is 20.6. The average Bonchev–Trinajstić information content (AvgIpc) is 2.86. The van der Waals surface area contributed by atoms with E-state index < -0.39 is 0 Å². The predicted molar refractivity (Wildman–Crippen MR) is 136 cm³/mol. The Balaban J connectivity index is 1.02. The highest BCUT2D eigenvalue weighted by molar-refractivity contribution is 5.95. The molecule has 4 aliphatic rings. The van der Waals surface area contributed by atoms with Gasteiger partial charge in [-0.2, -0.15) is 0 Å². The van der Waals surface area contributed by atoms with Crippen molar-refractivity contribution in [2.45, 2.75) is 51.5 Å². The van der Waals surface area contributed by atoms with E-state index in [9.17, 15) is 19.5 Å². The molecule has 0 heterocycles. The van der Waals surface area contributed by atoms with E-state index in [1.165, 1.54) is 31.4 Å². The van der Waals surface area contributed by atoms with Crippen LogP contribution in [0.5, 0.6) is 5.75 Å². The molecule has 0 unspecified atom stereocenters. The number of carbonyl (C=O) groups excluding carboxylic acids is 3. The molecule has 0 radical (unpaired) electrons. The zero-order chi connectivity index (χ0) is 25.1. The molecule has 4 saturated carbocycles. The molecule has 2 aromatic rings. The number of hydrogen-bond acceptors (Lipinski definition) is 4. The van der Waals surface area contributed by atoms with Gasteiger partial charge in [-0.1, -0.05) is 18.2 Å². The fourth-order valence-corrected chi connectivity index (χ4v) is 6.88. The third kappa shape index (κ3) is 5.40. The van der Waals surface area contributed by atoms with Gasteiger partial charge in [-0.15, -0.1) is 0 Å². The summed E-state index contributed by atoms with van der Waals surface area (Å²) in [7, 11) is 0. The van der Waals surface area contributed by atoms with Crippen LogP contribution in [0.4, 0.5) is 0 Å². The second-order valence-electron chi connectivity index (χ2n) is 11.0. The Bertz CT molecular complexity index is 1090. The van der Waals surface area contributed by atoms with Gasteiger partial charge in [0.15, 0.2) is 0 Å². The highest BCUT2D eigenvalue weighted by Gasteiger charge is 2.54. The summed E-state index contributed by atoms with van der Waals surface area (Å²) in [6, 6.07) is 13.5. The largest absolute Gasteiger partial charge is 0.508 e. The third-order valence-electron chi connectivity index (χ3n) is 8.22. The van der Waals surface area contributed by atoms with Crippen LogP contribution in [0, 0.1) is 23.2 Å². The Labute approximate surface area is 212 Å². The fourth-order valence-electron chi connectivity index (χ4n) is 6.88. The minimum absolute atomic E-state index is 0.0472. The molecule has 4 aliphatic carbocycles. The SMILES string of the molecule is O=C(NCCCNC(=O)c1cccc(O)c1)c1ccc(CNC(=O)C23CC4CC(CC(C4)C2)C3)cc1. The molecule has 7 nitrogen and oxygen atoms in total. The first kappa shape index (κ1) is 24.3. The molecule has 4 bridgehead atoms. The van der Waals surface area contributed by atoms with E-state index >= 15 is 0 Å². The summed E-state index contributed by atoms with van der Waals surface area (Å²) in [5, 5.41) is 18.3. The number of amides is 3. The molecule has 0 atom stereocenters. The number of carbonyl (C=O) groups is 3. The van der Waals surface area contributed by atoms with Crippen molar-refractivity contribution in [2.75, 3.05) is 13.1 Å². The molecular formula is C29H35N3O4. The van der Waals surface area contributed by atoms with Crippen molar-refractivity contribution in [2.24, 2.45) is 23.2 Å². The summed E-state index contributed by atoms with van der Waals surface area (Å²) < 4.78 is 0. The molecule has 4 fully saturated rings. The molecule has 190 valence electrons. The number of hydrogen-bond donors (Lipinski definition) is 4. The molecule has 4 N–H and O–H groups in total. The lowest BCUT2D eigenvalue weighted by atomic mass is 9.49. The third-order valence-corrected chi connectivity index (χ3v) is 8.22. The molecule has 0 saturated heterocycles. The lowest BCUT2D eigenvalue weighted by molar-refractivity contribution is -0.146. The molecule has 2 aromatic carbocycles. The van der Waals surface area contributed by atoms with Gasteiger partial charge < -0.3 is 21.1 Å². The van der Waals surface area contributed by atoms with Crippen molar-refractivity contribution in [3.8, 4) is 5.75 Å². The van der Waals surface area contributed by atoms with E-state index in [1.807, 2.05) is 12.1 Å². The molecule has 3 amide bonds. The van der Waals surface area contributed by atoms with Crippen molar-refractivity contribution >= 4 is 17.7 Å². The van der Waals surface area contributed by atoms with E-state index in [2.05, 4.69) is 16.0 Å². The quantitative estimate of drug-likeness (QED) is 0.402. The molecular weight excluding hydrogens is 454 g/mol. The highest BCUT2D eigenvalue weighted by Crippen LogP contribution is 2.60. The molecule has 0 aromatic heterocycles. The Hall–Kier alpha value is -3.35. The van der Waals surface area contributed by atoms with E-state index in [-0.39, 0.29) is 28.9 Å². The van der Waals surface area contributed by atoms with Crippen LogP contribution in [0.3, 0.4) is 0 Å². The normalized spacial score (nSPS) is 25.8. The number of rotatable bonds is 9. The summed E-state index contributed by atoms with van der Waals surface area (Å²) in [6.07, 6.45) is 7.73. The van der Waals surface area contributed by atoms with Crippen molar-refractivity contribution < 1.29 is 19.5 Å². The summed E-state index contributed by atoms with van der Waals surface area (Å²) in [5.41, 5.74) is 1.80. The van der Waals surface area contributed by atoms with Gasteiger partial charge in [0, 0.05) is 36.2 Å². The fraction of sp³-hybridized carbons (Fsp3) is 0.483. The van der Waals surface area contributed by atoms with Crippen LogP contribution < -0.4 is 16.0 Å². The highest BCUT2D eigenvalue weighted by atomic mass is 16.3. The maximum absolute atomic E-state index is 13.1. The lowest BCUT2D eigenvalue weighted by Crippen LogP contribution is -2.53. The number of phenolic OH excluding ortho intramolecular Hbond substituents is 1. The molecule has 0 aliphatic heterocycles. The predicted octanol–water partition coefficient (Wildman–Crippen LogP) is 3.77. The summed E-state index contributed by atoms with van der Waals surface area (Å²) in [6.45, 7) is 1.33. The van der Waals surface area contributed by atoms with Gasteiger partial charge in [0.1, 0.15) is 5.75 Å². The van der Waals surface area contributed by atoms with Crippen LogP contribution in [0.1, 0.15) is 71.2 Å². The van der Waals surface area contributed by atoms with Gasteiger partial charge in [-0.25, -0.2) is 0 Å². The second kappa shape index (κ2) is 10.3. The Morgan fingerprint density at radius 2 is 1.36 bits per heavy atom. The standard InChI is InChI=1S/C29H35N3O4/c33-25-4-1-3-24(14-25)27(35)31-10-2-9-30-26(34)23-7-5-19(6-8-23)18-32-28(36)29-15-20-11-21(16-29)13-22(12-20)17-29/h1,3-8,14,20-22,33H,2,9-13,15-18H2,(H,30,34)(H,31,35)(H,32,36). The maximum atomic E-state index is 13.1. The van der Waals surface area contributed by atoms with Gasteiger partial charge in [-0.05, 0) is 98.6 Å². The summed E-state index contributed by atoms with van der Waals surface area (Å²) in [5.74, 6) is 2.07. The molecule has 6 rings (SSSR count). The van der Waals surface area contributed by atoms with E-state index in [1.54, 1.807) is 24.3 Å². The van der Waals surface area contributed by atoms with Crippen molar-refractivity contribution in [3.63, 3.8) is 0 Å². The van der Waals surface area contributed by atoms with Crippen LogP contribution in [-0.2, 0) is 11.3 Å². The number of phenols is 1. The van der Waals surface area contributed by atoms with Crippen LogP contribution in [0.25, 0.3) is 0 Å². The monoisotopic (exact) mass is 489 g/mol. The van der Waals surface area contributed by atoms with Gasteiger partial charge in [-0.3, -0.25) is 14.4 Å². The van der Waals surface area contributed by atoms with E-state index in [0.717, 1.165) is 42.6 Å². The zero-order valence-electron chi connectivity index (χ0n) is 20.6. The van der Waals surface area contributed by atoms with Gasteiger partial charge in [0.05, 0.1) is 0 Å². The minimum atomic E-state index is -0.261. The Kier molecular flexibility index (Phi) is 6.99. The van der Waals surface area contributed by atoms with Crippen molar-refractivity contribution in [1.29, 1.82) is 0 Å². The molecule has 7 heteroatoms. The van der Waals surface area contributed by atoms with Crippen LogP contribution >= 0.6 is 0 Å². The number of nitrogens with one attached hydrogen (secondary N) is 3. The Morgan fingerprint density at radius 1 is 0.778 bits per heavy atom. The van der Waals surface area contributed by atoms with Crippen molar-refractivity contribution in [1.82, 2.24) is 16.0 Å². The second-order valence-corrected chi connectivity index (χ2v) is 11.0. The van der Waals surface area contributed by atoms with Gasteiger partial charge >= 0.3 is 0 Å². The first-order valence-electron chi connectivity index (χ1n) is 13.1. The number of benzene rings is 2. The average molecular weight is 490 g/mol. The lowest BCUT2D eigenvalue weighted by Gasteiger charge is -2.55. The Morgan fingerprint density at radius 3 is 1.94 bits per heavy atom. The first-order valence-corrected chi connectivity index (χ1v) is 13.1. The smallest absolute Gasteiger partial charge is 0.251 e. The molecule has 0 spiro atoms. The summed E-state index contributed by atoms with van der Waals surface area (Å²) >= 11 is 0. The summed E-state index contributed by atoms with van der Waals surface area (Å²) in [4.78, 5) is 37.6. The molecule has 36 heavy (non-hydrogen) atoms. The first-order chi connectivity index (χ1) is 17.4. The van der Waals surface area contributed by atoms with Gasteiger partial charge in [0.25, 0.3) is 11.8 Å². The topological polar surface area (TPSA) is 108 Å². The van der Waals surface area contributed by atoms with Crippen LogP contribution in [0.2, 0.25) is 0 Å². The van der Waals surface area contributed by atoms with Gasteiger partial charge in [0.2, 0.25) is 5.91 Å². The van der Waals surface area contributed by atoms with Crippen LogP contribution in [-0.4, -0.2) is 35.9 Å².